The normalized spacial score (nSPS) is 11.2. The van der Waals surface area contributed by atoms with Gasteiger partial charge in [0.2, 0.25) is 5.88 Å². The van der Waals surface area contributed by atoms with Gasteiger partial charge < -0.3 is 14.8 Å². The van der Waals surface area contributed by atoms with Crippen molar-refractivity contribution in [2.45, 2.75) is 32.7 Å². The van der Waals surface area contributed by atoms with Crippen LogP contribution in [0.2, 0.25) is 0 Å². The molecule has 2 aromatic heterocycles. The fourth-order valence-corrected chi connectivity index (χ4v) is 5.28. The summed E-state index contributed by atoms with van der Waals surface area (Å²) < 4.78 is 2.02. The number of aromatic amines is 1. The summed E-state index contributed by atoms with van der Waals surface area (Å²) in [5.74, 6) is -0.214. The Bertz CT molecular complexity index is 1610. The number of para-hydroxylation sites is 1. The summed E-state index contributed by atoms with van der Waals surface area (Å²) in [5.41, 5.74) is 5.23. The third kappa shape index (κ3) is 4.43. The quantitative estimate of drug-likeness (QED) is 0.246. The number of unbranched alkanes of at least 4 members (excludes halogenated alkanes) is 1. The monoisotopic (exact) mass is 499 g/mol. The average Bonchev–Trinajstić information content (AvgIpc) is 3.41. The molecule has 7 nitrogen and oxygen atoms in total. The maximum atomic E-state index is 11.9. The van der Waals surface area contributed by atoms with E-state index < -0.39 is 5.97 Å². The van der Waals surface area contributed by atoms with Crippen molar-refractivity contribution in [2.75, 3.05) is 0 Å². The zero-order chi connectivity index (χ0) is 25.2. The van der Waals surface area contributed by atoms with E-state index in [0.717, 1.165) is 58.7 Å². The van der Waals surface area contributed by atoms with Crippen molar-refractivity contribution in [1.82, 2.24) is 14.5 Å². The Morgan fingerprint density at radius 2 is 1.78 bits per heavy atom. The number of aryl methyl sites for hydroxylation is 1. The zero-order valence-corrected chi connectivity index (χ0v) is 20.5. The number of carbonyl (C=O) groups is 1. The number of hydrogen-bond acceptors (Lipinski definition) is 5. The van der Waals surface area contributed by atoms with E-state index in [1.165, 1.54) is 0 Å². The molecule has 8 heteroatoms. The second kappa shape index (κ2) is 9.83. The zero-order valence-electron chi connectivity index (χ0n) is 19.7. The molecule has 0 aliphatic heterocycles. The van der Waals surface area contributed by atoms with E-state index in [4.69, 9.17) is 4.98 Å². The summed E-state index contributed by atoms with van der Waals surface area (Å²) in [6.07, 6.45) is 2.77. The van der Waals surface area contributed by atoms with Crippen LogP contribution in [-0.4, -0.2) is 30.7 Å². The Labute approximate surface area is 211 Å². The third-order valence-electron chi connectivity index (χ3n) is 6.24. The highest BCUT2D eigenvalue weighted by Crippen LogP contribution is 2.37. The number of aromatic hydroxyl groups is 1. The number of fused-ring (bicyclic) bond motifs is 1. The summed E-state index contributed by atoms with van der Waals surface area (Å²) in [7, 11) is 0. The third-order valence-corrected chi connectivity index (χ3v) is 7.14. The number of nitrogens with zero attached hydrogens (tertiary/aromatic N) is 2. The van der Waals surface area contributed by atoms with Gasteiger partial charge in [-0.25, -0.2) is 9.78 Å². The molecule has 2 heterocycles. The van der Waals surface area contributed by atoms with Gasteiger partial charge in [0.1, 0.15) is 10.7 Å². The fourth-order valence-electron chi connectivity index (χ4n) is 4.51. The summed E-state index contributed by atoms with van der Waals surface area (Å²) >= 11 is 0.976. The van der Waals surface area contributed by atoms with Crippen molar-refractivity contribution >= 4 is 28.3 Å². The van der Waals surface area contributed by atoms with Crippen molar-refractivity contribution in [2.24, 2.45) is 0 Å². The van der Waals surface area contributed by atoms with E-state index >= 15 is 0 Å². The number of benzene rings is 3. The van der Waals surface area contributed by atoms with Crippen LogP contribution in [0.5, 0.6) is 5.88 Å². The van der Waals surface area contributed by atoms with Crippen molar-refractivity contribution in [1.29, 1.82) is 0 Å². The number of nitrogens with one attached hydrogen (secondary N) is 1. The molecular formula is C28H25N3O4S. The number of aromatic carboxylic acids is 1. The van der Waals surface area contributed by atoms with Crippen molar-refractivity contribution in [3.63, 3.8) is 0 Å². The number of carboxylic acids is 1. The number of rotatable bonds is 8. The summed E-state index contributed by atoms with van der Waals surface area (Å²) in [5, 5.41) is 20.0. The molecule has 0 spiro atoms. The van der Waals surface area contributed by atoms with Crippen LogP contribution in [0, 0.1) is 0 Å². The van der Waals surface area contributed by atoms with Gasteiger partial charge in [0.15, 0.2) is 0 Å². The Kier molecular flexibility index (Phi) is 6.43. The van der Waals surface area contributed by atoms with Crippen LogP contribution in [0.15, 0.2) is 71.5 Å². The lowest BCUT2D eigenvalue weighted by atomic mass is 9.98. The van der Waals surface area contributed by atoms with Gasteiger partial charge >= 0.3 is 10.8 Å². The Morgan fingerprint density at radius 3 is 2.44 bits per heavy atom. The molecular weight excluding hydrogens is 474 g/mol. The van der Waals surface area contributed by atoms with Crippen molar-refractivity contribution in [3.05, 3.63) is 93.3 Å². The van der Waals surface area contributed by atoms with Gasteiger partial charge in [-0.2, -0.15) is 0 Å². The van der Waals surface area contributed by atoms with E-state index in [2.05, 4.69) is 11.9 Å². The van der Waals surface area contributed by atoms with E-state index in [9.17, 15) is 19.8 Å². The number of H-pyrrole nitrogens is 1. The highest BCUT2D eigenvalue weighted by atomic mass is 32.1. The van der Waals surface area contributed by atoms with Crippen LogP contribution in [0.25, 0.3) is 32.6 Å². The molecule has 0 aliphatic carbocycles. The number of aromatic nitrogens is 3. The molecule has 0 saturated carbocycles. The van der Waals surface area contributed by atoms with Crippen LogP contribution in [0.1, 0.15) is 41.5 Å². The van der Waals surface area contributed by atoms with E-state index in [1.807, 2.05) is 59.2 Å². The van der Waals surface area contributed by atoms with E-state index in [-0.39, 0.29) is 16.3 Å². The number of thiazole rings is 1. The Morgan fingerprint density at radius 1 is 1.03 bits per heavy atom. The van der Waals surface area contributed by atoms with Crippen LogP contribution in [-0.2, 0) is 13.0 Å². The number of imidazole rings is 1. The predicted molar refractivity (Wildman–Crippen MR) is 142 cm³/mol. The van der Waals surface area contributed by atoms with E-state index in [0.29, 0.717) is 22.5 Å². The Balaban J connectivity index is 1.53. The standard InChI is InChI=1S/C28H25N3O4S/c1-2-3-11-23-29-22-10-6-9-21(27(33)34)24(22)31(23)16-17-12-14-18(15-13-17)19-7-4-5-8-20(19)25-26(32)30-28(35)36-25/h4-10,12-15,32H,2-3,11,16H2,1H3,(H,30,35)(H,33,34). The first kappa shape index (κ1) is 23.6. The van der Waals surface area contributed by atoms with Crippen molar-refractivity contribution < 1.29 is 15.0 Å². The van der Waals surface area contributed by atoms with Gasteiger partial charge in [-0.1, -0.05) is 79.3 Å². The van der Waals surface area contributed by atoms with Gasteiger partial charge in [-0.15, -0.1) is 0 Å². The highest BCUT2D eigenvalue weighted by molar-refractivity contribution is 7.13. The molecule has 182 valence electrons. The topological polar surface area (TPSA) is 108 Å². The molecule has 0 radical (unpaired) electrons. The lowest BCUT2D eigenvalue weighted by Gasteiger charge is -2.12. The molecule has 0 atom stereocenters. The molecule has 0 fully saturated rings. The molecule has 36 heavy (non-hydrogen) atoms. The molecule has 0 bridgehead atoms. The lowest BCUT2D eigenvalue weighted by Crippen LogP contribution is -2.08. The molecule has 3 aromatic carbocycles. The summed E-state index contributed by atoms with van der Waals surface area (Å²) in [4.78, 5) is 31.1. The minimum Gasteiger partial charge on any atom is -0.493 e. The molecule has 0 aliphatic rings. The second-order valence-corrected chi connectivity index (χ2v) is 9.61. The first-order valence-electron chi connectivity index (χ1n) is 11.8. The summed E-state index contributed by atoms with van der Waals surface area (Å²) in [6.45, 7) is 2.63. The predicted octanol–water partition coefficient (Wildman–Crippen LogP) is 5.91. The second-order valence-electron chi connectivity index (χ2n) is 8.63. The number of carboxylic acid groups (broad SMARTS) is 1. The molecule has 3 N–H and O–H groups in total. The molecule has 0 unspecified atom stereocenters. The molecule has 5 rings (SSSR count). The lowest BCUT2D eigenvalue weighted by molar-refractivity contribution is 0.0698. The minimum atomic E-state index is -0.967. The highest BCUT2D eigenvalue weighted by Gasteiger charge is 2.18. The molecule has 5 aromatic rings. The van der Waals surface area contributed by atoms with Crippen LogP contribution in [0.3, 0.4) is 0 Å². The van der Waals surface area contributed by atoms with Gasteiger partial charge in [-0.05, 0) is 35.2 Å². The van der Waals surface area contributed by atoms with Gasteiger partial charge in [0.25, 0.3) is 0 Å². The van der Waals surface area contributed by atoms with E-state index in [1.54, 1.807) is 12.1 Å². The minimum absolute atomic E-state index is 0.130. The molecule has 0 saturated heterocycles. The molecule has 0 amide bonds. The maximum Gasteiger partial charge on any atom is 0.337 e. The Hall–Kier alpha value is -4.17. The fraction of sp³-hybridized carbons (Fsp3) is 0.179. The van der Waals surface area contributed by atoms with Gasteiger partial charge in [0.05, 0.1) is 16.6 Å². The van der Waals surface area contributed by atoms with Crippen LogP contribution >= 0.6 is 11.3 Å². The summed E-state index contributed by atoms with van der Waals surface area (Å²) in [6, 6.07) is 20.9. The number of hydrogen-bond donors (Lipinski definition) is 3. The maximum absolute atomic E-state index is 11.9. The van der Waals surface area contributed by atoms with Crippen molar-refractivity contribution in [3.8, 4) is 27.4 Å². The average molecular weight is 500 g/mol. The van der Waals surface area contributed by atoms with Crippen LogP contribution < -0.4 is 4.87 Å². The van der Waals surface area contributed by atoms with Gasteiger partial charge in [0, 0.05) is 18.5 Å². The largest absolute Gasteiger partial charge is 0.493 e. The first-order valence-corrected chi connectivity index (χ1v) is 12.6. The van der Waals surface area contributed by atoms with Gasteiger partial charge in [-0.3, -0.25) is 9.78 Å². The SMILES string of the molecule is CCCCc1nc2cccc(C(=O)O)c2n1Cc1ccc(-c2ccccc2-c2sc(=O)[nH]c2O)cc1. The first-order chi connectivity index (χ1) is 17.5. The smallest absolute Gasteiger partial charge is 0.337 e. The van der Waals surface area contributed by atoms with Crippen LogP contribution in [0.4, 0.5) is 0 Å².